The van der Waals surface area contributed by atoms with Gasteiger partial charge in [-0.05, 0) is 26.0 Å². The predicted octanol–water partition coefficient (Wildman–Crippen LogP) is 2.27. The van der Waals surface area contributed by atoms with Gasteiger partial charge >= 0.3 is 0 Å². The average molecular weight is 286 g/mol. The van der Waals surface area contributed by atoms with Crippen LogP contribution in [-0.4, -0.2) is 49.1 Å². The second kappa shape index (κ2) is 7.31. The molecule has 0 bridgehead atoms. The molecule has 5 nitrogen and oxygen atoms in total. The Bertz CT molecular complexity index is 440. The molecule has 1 aromatic rings. The van der Waals surface area contributed by atoms with Crippen molar-refractivity contribution in [3.63, 3.8) is 0 Å². The van der Waals surface area contributed by atoms with E-state index in [-0.39, 0.29) is 11.9 Å². The summed E-state index contributed by atoms with van der Waals surface area (Å²) in [4.78, 5) is 18.1. The topological polar surface area (TPSA) is 54.5 Å². The van der Waals surface area contributed by atoms with E-state index < -0.39 is 0 Å². The maximum atomic E-state index is 12.3. The number of carbonyl (C=O) groups is 1. The summed E-state index contributed by atoms with van der Waals surface area (Å²) in [5.74, 6) is 0.499. The van der Waals surface area contributed by atoms with Crippen LogP contribution in [0.25, 0.3) is 0 Å². The Morgan fingerprint density at radius 1 is 1.58 bits per heavy atom. The predicted molar refractivity (Wildman–Crippen MR) is 76.8 cm³/mol. The summed E-state index contributed by atoms with van der Waals surface area (Å²) in [5, 5.41) is 3.35. The Labute approximate surface area is 118 Å². The molecule has 0 radical (unpaired) electrons. The van der Waals surface area contributed by atoms with Crippen molar-refractivity contribution in [3.8, 4) is 0 Å². The third kappa shape index (κ3) is 4.36. The third-order valence-corrected chi connectivity index (χ3v) is 2.98. The van der Waals surface area contributed by atoms with Crippen LogP contribution in [0.1, 0.15) is 24.2 Å². The first-order valence-corrected chi connectivity index (χ1v) is 6.55. The van der Waals surface area contributed by atoms with Crippen molar-refractivity contribution in [2.24, 2.45) is 0 Å². The van der Waals surface area contributed by atoms with Crippen molar-refractivity contribution in [2.45, 2.75) is 19.9 Å². The molecule has 1 aromatic heterocycles. The Morgan fingerprint density at radius 3 is 2.84 bits per heavy atom. The van der Waals surface area contributed by atoms with E-state index in [0.29, 0.717) is 23.1 Å². The highest BCUT2D eigenvalue weighted by Gasteiger charge is 2.18. The highest BCUT2D eigenvalue weighted by molar-refractivity contribution is 6.29. The lowest BCUT2D eigenvalue weighted by Gasteiger charge is -2.24. The molecule has 0 aliphatic rings. The van der Waals surface area contributed by atoms with Gasteiger partial charge in [0.2, 0.25) is 0 Å². The monoisotopic (exact) mass is 285 g/mol. The summed E-state index contributed by atoms with van der Waals surface area (Å²) in [7, 11) is 3.36. The lowest BCUT2D eigenvalue weighted by atomic mass is 10.2. The van der Waals surface area contributed by atoms with Crippen LogP contribution in [0.2, 0.25) is 5.15 Å². The van der Waals surface area contributed by atoms with E-state index in [0.717, 1.165) is 6.54 Å². The number of nitrogens with zero attached hydrogens (tertiary/aromatic N) is 2. The zero-order valence-corrected chi connectivity index (χ0v) is 12.5. The van der Waals surface area contributed by atoms with Crippen molar-refractivity contribution in [2.75, 3.05) is 32.6 Å². The molecular weight excluding hydrogens is 266 g/mol. The molecule has 1 rings (SSSR count). The third-order valence-electron chi connectivity index (χ3n) is 2.79. The summed E-state index contributed by atoms with van der Waals surface area (Å²) in [6.45, 7) is 5.09. The Kier molecular flexibility index (Phi) is 6.05. The molecule has 0 fully saturated rings. The number of nitrogens with one attached hydrogen (secondary N) is 1. The number of carbonyl (C=O) groups excluding carboxylic acids is 1. The van der Waals surface area contributed by atoms with Gasteiger partial charge in [0.05, 0.1) is 12.6 Å². The zero-order valence-electron chi connectivity index (χ0n) is 11.7. The van der Waals surface area contributed by atoms with Crippen molar-refractivity contribution >= 4 is 23.3 Å². The SMILES string of the molecule is CCNc1cc(C(=O)N(C)C(C)COC)cc(Cl)n1. The molecule has 1 N–H and O–H groups in total. The van der Waals surface area contributed by atoms with Crippen molar-refractivity contribution in [3.05, 3.63) is 22.8 Å². The molecule has 0 aliphatic heterocycles. The van der Waals surface area contributed by atoms with Crippen LogP contribution in [0, 0.1) is 0 Å². The van der Waals surface area contributed by atoms with Crippen LogP contribution >= 0.6 is 11.6 Å². The Hall–Kier alpha value is -1.33. The van der Waals surface area contributed by atoms with Crippen LogP contribution in [0.3, 0.4) is 0 Å². The number of rotatable bonds is 6. The van der Waals surface area contributed by atoms with Crippen LogP contribution in [0.4, 0.5) is 5.82 Å². The zero-order chi connectivity index (χ0) is 14.4. The van der Waals surface area contributed by atoms with Crippen LogP contribution in [0.5, 0.6) is 0 Å². The van der Waals surface area contributed by atoms with Crippen LogP contribution < -0.4 is 5.32 Å². The van der Waals surface area contributed by atoms with Gasteiger partial charge in [0.15, 0.2) is 0 Å². The van der Waals surface area contributed by atoms with E-state index in [1.807, 2.05) is 13.8 Å². The van der Waals surface area contributed by atoms with E-state index in [9.17, 15) is 4.79 Å². The molecule has 1 amide bonds. The minimum absolute atomic E-state index is 0.00738. The minimum atomic E-state index is -0.104. The number of halogens is 1. The standard InChI is InChI=1S/C13H20ClN3O2/c1-5-15-12-7-10(6-11(14)16-12)13(18)17(3)9(2)8-19-4/h6-7,9H,5,8H2,1-4H3,(H,15,16). The van der Waals surface area contributed by atoms with E-state index in [1.165, 1.54) is 0 Å². The van der Waals surface area contributed by atoms with E-state index >= 15 is 0 Å². The fourth-order valence-corrected chi connectivity index (χ4v) is 1.86. The number of methoxy groups -OCH3 is 1. The molecule has 6 heteroatoms. The molecule has 1 unspecified atom stereocenters. The summed E-state index contributed by atoms with van der Waals surface area (Å²) in [5.41, 5.74) is 0.515. The molecule has 1 atom stereocenters. The molecule has 0 spiro atoms. The molecule has 0 saturated heterocycles. The maximum Gasteiger partial charge on any atom is 0.254 e. The number of pyridine rings is 1. The summed E-state index contributed by atoms with van der Waals surface area (Å²) in [6, 6.07) is 3.26. The fraction of sp³-hybridized carbons (Fsp3) is 0.538. The molecule has 106 valence electrons. The van der Waals surface area contributed by atoms with Gasteiger partial charge in [0, 0.05) is 26.3 Å². The van der Waals surface area contributed by atoms with Gasteiger partial charge in [-0.2, -0.15) is 0 Å². The molecular formula is C13H20ClN3O2. The van der Waals surface area contributed by atoms with Gasteiger partial charge in [-0.15, -0.1) is 0 Å². The lowest BCUT2D eigenvalue weighted by Crippen LogP contribution is -2.37. The molecule has 0 aliphatic carbocycles. The number of aromatic nitrogens is 1. The quantitative estimate of drug-likeness (QED) is 0.815. The number of anilines is 1. The van der Waals surface area contributed by atoms with E-state index in [1.54, 1.807) is 31.2 Å². The largest absolute Gasteiger partial charge is 0.383 e. The highest BCUT2D eigenvalue weighted by Crippen LogP contribution is 2.16. The van der Waals surface area contributed by atoms with Gasteiger partial charge < -0.3 is 15.0 Å². The summed E-state index contributed by atoms with van der Waals surface area (Å²) >= 11 is 5.93. The number of amides is 1. The second-order valence-corrected chi connectivity index (χ2v) is 4.70. The Morgan fingerprint density at radius 2 is 2.26 bits per heavy atom. The second-order valence-electron chi connectivity index (χ2n) is 4.31. The molecule has 19 heavy (non-hydrogen) atoms. The smallest absolute Gasteiger partial charge is 0.254 e. The van der Waals surface area contributed by atoms with Gasteiger partial charge in [-0.3, -0.25) is 4.79 Å². The molecule has 0 aromatic carbocycles. The fourth-order valence-electron chi connectivity index (χ4n) is 1.65. The maximum absolute atomic E-state index is 12.3. The summed E-state index contributed by atoms with van der Waals surface area (Å²) in [6.07, 6.45) is 0. The normalized spacial score (nSPS) is 12.1. The lowest BCUT2D eigenvalue weighted by molar-refractivity contribution is 0.0633. The molecule has 0 saturated carbocycles. The first-order valence-electron chi connectivity index (χ1n) is 6.17. The van der Waals surface area contributed by atoms with Gasteiger partial charge in [0.25, 0.3) is 5.91 Å². The Balaban J connectivity index is 2.92. The van der Waals surface area contributed by atoms with Crippen LogP contribution in [-0.2, 0) is 4.74 Å². The summed E-state index contributed by atoms with van der Waals surface area (Å²) < 4.78 is 5.05. The van der Waals surface area contributed by atoms with Crippen molar-refractivity contribution < 1.29 is 9.53 Å². The van der Waals surface area contributed by atoms with Gasteiger partial charge in [-0.1, -0.05) is 11.6 Å². The van der Waals surface area contributed by atoms with E-state index in [4.69, 9.17) is 16.3 Å². The first kappa shape index (κ1) is 15.7. The van der Waals surface area contributed by atoms with Gasteiger partial charge in [-0.25, -0.2) is 4.98 Å². The van der Waals surface area contributed by atoms with Crippen molar-refractivity contribution in [1.29, 1.82) is 0 Å². The number of hydrogen-bond donors (Lipinski definition) is 1. The number of hydrogen-bond acceptors (Lipinski definition) is 4. The van der Waals surface area contributed by atoms with Crippen LogP contribution in [0.15, 0.2) is 12.1 Å². The molecule has 1 heterocycles. The average Bonchev–Trinajstić information content (AvgIpc) is 2.37. The number of likely N-dealkylation sites (N-methyl/N-ethyl adjacent to an activating group) is 1. The highest BCUT2D eigenvalue weighted by atomic mass is 35.5. The van der Waals surface area contributed by atoms with Gasteiger partial charge in [0.1, 0.15) is 11.0 Å². The van der Waals surface area contributed by atoms with Crippen molar-refractivity contribution in [1.82, 2.24) is 9.88 Å². The first-order chi connectivity index (χ1) is 8.99. The number of ether oxygens (including phenoxy) is 1. The van der Waals surface area contributed by atoms with E-state index in [2.05, 4.69) is 10.3 Å². The minimum Gasteiger partial charge on any atom is -0.383 e.